The Labute approximate surface area is 112 Å². The number of anilines is 1. The van der Waals surface area contributed by atoms with Crippen LogP contribution in [0, 0.1) is 6.92 Å². The summed E-state index contributed by atoms with van der Waals surface area (Å²) < 4.78 is 1.77. The molecule has 6 heteroatoms. The van der Waals surface area contributed by atoms with Gasteiger partial charge in [-0.25, -0.2) is 0 Å². The molecule has 1 aromatic heterocycles. The Morgan fingerprint density at radius 2 is 1.89 bits per heavy atom. The first kappa shape index (κ1) is 13.6. The number of likely N-dealkylation sites (tertiary alicyclic amines) is 1. The first-order valence-corrected chi connectivity index (χ1v) is 6.64. The molecule has 0 radical (unpaired) electrons. The van der Waals surface area contributed by atoms with E-state index in [9.17, 15) is 9.59 Å². The van der Waals surface area contributed by atoms with Gasteiger partial charge in [-0.3, -0.25) is 19.2 Å². The van der Waals surface area contributed by atoms with Gasteiger partial charge in [-0.15, -0.1) is 0 Å². The average molecular weight is 264 g/mol. The Morgan fingerprint density at radius 1 is 1.26 bits per heavy atom. The number of rotatable bonds is 5. The standard InChI is InChI=1S/C13H20N4O2/c1-4-7-14-13-10(9(2)15-16(13)3)8-17-11(18)5-6-12(17)19/h14H,4-8H2,1-3H3. The second kappa shape index (κ2) is 5.42. The molecule has 0 atom stereocenters. The molecule has 0 saturated carbocycles. The highest BCUT2D eigenvalue weighted by Crippen LogP contribution is 2.23. The minimum atomic E-state index is -0.0882. The lowest BCUT2D eigenvalue weighted by atomic mass is 10.2. The predicted octanol–water partition coefficient (Wildman–Crippen LogP) is 1.20. The molecule has 2 heterocycles. The maximum atomic E-state index is 11.7. The zero-order chi connectivity index (χ0) is 14.0. The zero-order valence-corrected chi connectivity index (χ0v) is 11.7. The second-order valence-corrected chi connectivity index (χ2v) is 4.84. The third kappa shape index (κ3) is 2.62. The monoisotopic (exact) mass is 264 g/mol. The minimum absolute atomic E-state index is 0.0882. The van der Waals surface area contributed by atoms with E-state index in [0.29, 0.717) is 19.4 Å². The number of hydrogen-bond acceptors (Lipinski definition) is 4. The van der Waals surface area contributed by atoms with E-state index in [2.05, 4.69) is 17.3 Å². The second-order valence-electron chi connectivity index (χ2n) is 4.84. The third-order valence-electron chi connectivity index (χ3n) is 3.36. The summed E-state index contributed by atoms with van der Waals surface area (Å²) in [4.78, 5) is 24.7. The molecule has 0 aliphatic carbocycles. The van der Waals surface area contributed by atoms with Gasteiger partial charge in [-0.1, -0.05) is 6.92 Å². The quantitative estimate of drug-likeness (QED) is 0.811. The highest BCUT2D eigenvalue weighted by atomic mass is 16.2. The molecule has 0 spiro atoms. The summed E-state index contributed by atoms with van der Waals surface area (Å²) in [6, 6.07) is 0. The smallest absolute Gasteiger partial charge is 0.230 e. The van der Waals surface area contributed by atoms with Gasteiger partial charge in [0.25, 0.3) is 0 Å². The predicted molar refractivity (Wildman–Crippen MR) is 71.5 cm³/mol. The van der Waals surface area contributed by atoms with Crippen molar-refractivity contribution in [2.75, 3.05) is 11.9 Å². The van der Waals surface area contributed by atoms with Crippen LogP contribution in [0.5, 0.6) is 0 Å². The average Bonchev–Trinajstić information content (AvgIpc) is 2.81. The fraction of sp³-hybridized carbons (Fsp3) is 0.615. The highest BCUT2D eigenvalue weighted by molar-refractivity contribution is 6.01. The van der Waals surface area contributed by atoms with Crippen molar-refractivity contribution in [3.63, 3.8) is 0 Å². The largest absolute Gasteiger partial charge is 0.370 e. The normalized spacial score (nSPS) is 15.4. The number of nitrogens with zero attached hydrogens (tertiary/aromatic N) is 3. The van der Waals surface area contributed by atoms with Crippen LogP contribution in [-0.4, -0.2) is 33.0 Å². The molecule has 1 aliphatic rings. The summed E-state index contributed by atoms with van der Waals surface area (Å²) in [5, 5.41) is 7.67. The van der Waals surface area contributed by atoms with Crippen molar-refractivity contribution in [3.8, 4) is 0 Å². The summed E-state index contributed by atoms with van der Waals surface area (Å²) in [7, 11) is 1.86. The third-order valence-corrected chi connectivity index (χ3v) is 3.36. The van der Waals surface area contributed by atoms with E-state index < -0.39 is 0 Å². The molecule has 0 bridgehead atoms. The van der Waals surface area contributed by atoms with E-state index in [1.807, 2.05) is 14.0 Å². The van der Waals surface area contributed by atoms with Crippen molar-refractivity contribution in [2.24, 2.45) is 7.05 Å². The molecular weight excluding hydrogens is 244 g/mol. The van der Waals surface area contributed by atoms with Crippen LogP contribution in [-0.2, 0) is 23.2 Å². The lowest BCUT2D eigenvalue weighted by molar-refractivity contribution is -0.139. The summed E-state index contributed by atoms with van der Waals surface area (Å²) in [5.74, 6) is 0.719. The van der Waals surface area contributed by atoms with E-state index in [0.717, 1.165) is 30.0 Å². The summed E-state index contributed by atoms with van der Waals surface area (Å²) in [6.45, 7) is 5.15. The van der Waals surface area contributed by atoms with Crippen LogP contribution >= 0.6 is 0 Å². The molecule has 19 heavy (non-hydrogen) atoms. The first-order chi connectivity index (χ1) is 9.04. The van der Waals surface area contributed by atoms with E-state index >= 15 is 0 Å². The van der Waals surface area contributed by atoms with E-state index in [1.54, 1.807) is 4.68 Å². The zero-order valence-electron chi connectivity index (χ0n) is 11.7. The van der Waals surface area contributed by atoms with E-state index in [1.165, 1.54) is 4.90 Å². The number of aryl methyl sites for hydroxylation is 2. The van der Waals surface area contributed by atoms with Gasteiger partial charge in [0.2, 0.25) is 11.8 Å². The lowest BCUT2D eigenvalue weighted by Gasteiger charge is -2.15. The van der Waals surface area contributed by atoms with Crippen molar-refractivity contribution in [1.82, 2.24) is 14.7 Å². The van der Waals surface area contributed by atoms with Crippen LogP contribution < -0.4 is 5.32 Å². The Bertz CT molecular complexity index is 491. The molecule has 1 aromatic rings. The molecule has 1 fully saturated rings. The Balaban J connectivity index is 2.23. The molecule has 6 nitrogen and oxygen atoms in total. The lowest BCUT2D eigenvalue weighted by Crippen LogP contribution is -2.29. The number of aromatic nitrogens is 2. The Kier molecular flexibility index (Phi) is 3.87. The van der Waals surface area contributed by atoms with Crippen molar-refractivity contribution in [3.05, 3.63) is 11.3 Å². The number of imide groups is 1. The van der Waals surface area contributed by atoms with E-state index in [-0.39, 0.29) is 11.8 Å². The number of nitrogens with one attached hydrogen (secondary N) is 1. The molecule has 1 saturated heterocycles. The summed E-state index contributed by atoms with van der Waals surface area (Å²) in [6.07, 6.45) is 1.66. The first-order valence-electron chi connectivity index (χ1n) is 6.64. The van der Waals surface area contributed by atoms with Gasteiger partial charge >= 0.3 is 0 Å². The number of amides is 2. The number of carbonyl (C=O) groups is 2. The number of hydrogen-bond donors (Lipinski definition) is 1. The summed E-state index contributed by atoms with van der Waals surface area (Å²) in [5.41, 5.74) is 1.79. The molecule has 104 valence electrons. The fourth-order valence-corrected chi connectivity index (χ4v) is 2.31. The molecule has 1 N–H and O–H groups in total. The number of carbonyl (C=O) groups excluding carboxylic acids is 2. The van der Waals surface area contributed by atoms with Gasteiger partial charge in [0.1, 0.15) is 5.82 Å². The van der Waals surface area contributed by atoms with Gasteiger partial charge in [-0.05, 0) is 13.3 Å². The van der Waals surface area contributed by atoms with Gasteiger partial charge in [0, 0.05) is 32.0 Å². The van der Waals surface area contributed by atoms with E-state index in [4.69, 9.17) is 0 Å². The van der Waals surface area contributed by atoms with Crippen molar-refractivity contribution < 1.29 is 9.59 Å². The molecule has 1 aliphatic heterocycles. The van der Waals surface area contributed by atoms with Gasteiger partial charge in [-0.2, -0.15) is 5.10 Å². The maximum absolute atomic E-state index is 11.7. The molecule has 0 aromatic carbocycles. The molecule has 2 rings (SSSR count). The van der Waals surface area contributed by atoms with Crippen LogP contribution in [0.3, 0.4) is 0 Å². The minimum Gasteiger partial charge on any atom is -0.370 e. The van der Waals surface area contributed by atoms with Crippen molar-refractivity contribution in [2.45, 2.75) is 39.7 Å². The molecular formula is C13H20N4O2. The van der Waals surface area contributed by atoms with Crippen LogP contribution in [0.1, 0.15) is 37.4 Å². The SMILES string of the molecule is CCCNc1c(CN2C(=O)CCC2=O)c(C)nn1C. The van der Waals surface area contributed by atoms with Crippen LogP contribution in [0.2, 0.25) is 0 Å². The molecule has 2 amide bonds. The summed E-state index contributed by atoms with van der Waals surface area (Å²) >= 11 is 0. The molecule has 0 unspecified atom stereocenters. The van der Waals surface area contributed by atoms with Gasteiger partial charge in [0.05, 0.1) is 12.2 Å². The van der Waals surface area contributed by atoms with Crippen molar-refractivity contribution >= 4 is 17.6 Å². The fourth-order valence-electron chi connectivity index (χ4n) is 2.31. The Hall–Kier alpha value is -1.85. The Morgan fingerprint density at radius 3 is 2.47 bits per heavy atom. The van der Waals surface area contributed by atoms with Crippen LogP contribution in [0.15, 0.2) is 0 Å². The van der Waals surface area contributed by atoms with Crippen LogP contribution in [0.4, 0.5) is 5.82 Å². The van der Waals surface area contributed by atoms with Crippen molar-refractivity contribution in [1.29, 1.82) is 0 Å². The maximum Gasteiger partial charge on any atom is 0.230 e. The topological polar surface area (TPSA) is 67.2 Å². The van der Waals surface area contributed by atoms with Crippen LogP contribution in [0.25, 0.3) is 0 Å². The van der Waals surface area contributed by atoms with Gasteiger partial charge < -0.3 is 5.32 Å². The highest BCUT2D eigenvalue weighted by Gasteiger charge is 2.30. The van der Waals surface area contributed by atoms with Gasteiger partial charge in [0.15, 0.2) is 0 Å².